The van der Waals surface area contributed by atoms with Crippen molar-refractivity contribution in [3.8, 4) is 17.2 Å². The topological polar surface area (TPSA) is 79.2 Å². The van der Waals surface area contributed by atoms with Gasteiger partial charge in [0.25, 0.3) is 0 Å². The molecule has 2 heterocycles. The van der Waals surface area contributed by atoms with E-state index in [-0.39, 0.29) is 23.0 Å². The Morgan fingerprint density at radius 1 is 1.07 bits per heavy atom. The average molecular weight is 421 g/mol. The number of carbonyl (C=O) groups excluding carboxylic acids is 1. The number of alkyl carbamates (subject to hydrolysis) is 1. The van der Waals surface area contributed by atoms with Gasteiger partial charge in [0.1, 0.15) is 12.1 Å². The van der Waals surface area contributed by atoms with Crippen molar-refractivity contribution in [3.05, 3.63) is 59.7 Å². The van der Waals surface area contributed by atoms with E-state index in [0.29, 0.717) is 12.8 Å². The number of hydrogen-bond acceptors (Lipinski definition) is 4. The summed E-state index contributed by atoms with van der Waals surface area (Å²) < 4.78 is 18.1. The van der Waals surface area contributed by atoms with Crippen molar-refractivity contribution in [1.29, 1.82) is 5.26 Å². The molecule has 0 spiro atoms. The summed E-state index contributed by atoms with van der Waals surface area (Å²) in [7, 11) is -0.898. The van der Waals surface area contributed by atoms with Gasteiger partial charge >= 0.3 is 6.09 Å². The maximum absolute atomic E-state index is 12.7. The minimum Gasteiger partial charge on any atom is -0.449 e. The minimum atomic E-state index is -0.980. The second-order valence-electron chi connectivity index (χ2n) is 8.56. The highest BCUT2D eigenvalue weighted by Gasteiger charge is 2.48. The summed E-state index contributed by atoms with van der Waals surface area (Å²) in [4.78, 5) is 12.7. The third kappa shape index (κ3) is 3.22. The van der Waals surface area contributed by atoms with Crippen LogP contribution in [0.2, 0.25) is 0 Å². The number of amides is 1. The number of benzene rings is 2. The predicted octanol–water partition coefficient (Wildman–Crippen LogP) is 4.25. The molecule has 5 rings (SSSR count). The maximum atomic E-state index is 12.7. The fourth-order valence-electron chi connectivity index (χ4n) is 5.36. The largest absolute Gasteiger partial charge is 0.449 e. The first-order valence-corrected chi connectivity index (χ1v) is 11.8. The average Bonchev–Trinajstić information content (AvgIpc) is 3.07. The van der Waals surface area contributed by atoms with Gasteiger partial charge in [-0.15, -0.1) is 0 Å². The molecule has 2 fully saturated rings. The van der Waals surface area contributed by atoms with Gasteiger partial charge in [-0.3, -0.25) is 4.21 Å². The molecule has 0 aromatic heterocycles. The van der Waals surface area contributed by atoms with Gasteiger partial charge in [0.15, 0.2) is 0 Å². The molecule has 3 aliphatic rings. The second kappa shape index (κ2) is 7.55. The molecule has 1 N–H and O–H groups in total. The third-order valence-corrected chi connectivity index (χ3v) is 8.88. The van der Waals surface area contributed by atoms with E-state index in [1.807, 2.05) is 24.3 Å². The Hall–Kier alpha value is -2.65. The third-order valence-electron chi connectivity index (χ3n) is 6.76. The molecular weight excluding hydrogens is 396 g/mol. The van der Waals surface area contributed by atoms with E-state index in [1.165, 1.54) is 11.1 Å². The van der Waals surface area contributed by atoms with Crippen LogP contribution in [0.3, 0.4) is 0 Å². The van der Waals surface area contributed by atoms with Crippen molar-refractivity contribution in [2.24, 2.45) is 0 Å². The lowest BCUT2D eigenvalue weighted by atomic mass is 9.84. The van der Waals surface area contributed by atoms with E-state index < -0.39 is 22.4 Å². The summed E-state index contributed by atoms with van der Waals surface area (Å²) >= 11 is 0. The lowest BCUT2D eigenvalue weighted by Crippen LogP contribution is -2.57. The molecule has 6 heteroatoms. The summed E-state index contributed by atoms with van der Waals surface area (Å²) in [5.74, 6) is -0.0144. The summed E-state index contributed by atoms with van der Waals surface area (Å²) in [6.45, 7) is 0.222. The molecule has 30 heavy (non-hydrogen) atoms. The molecule has 2 aliphatic heterocycles. The quantitative estimate of drug-likeness (QED) is 0.805. The number of nitrogens with one attached hydrogen (secondary N) is 1. The van der Waals surface area contributed by atoms with Crippen molar-refractivity contribution < 1.29 is 13.7 Å². The number of hydrogen-bond donors (Lipinski definition) is 1. The normalized spacial score (nSPS) is 29.4. The van der Waals surface area contributed by atoms with Crippen LogP contribution in [0.25, 0.3) is 11.1 Å². The van der Waals surface area contributed by atoms with E-state index in [0.717, 1.165) is 30.4 Å². The molecular formula is C24H24N2O3S. The molecule has 2 unspecified atom stereocenters. The van der Waals surface area contributed by atoms with Gasteiger partial charge in [0, 0.05) is 27.2 Å². The smallest absolute Gasteiger partial charge is 0.408 e. The standard InChI is InChI=1S/C24H24N2O3S/c25-15-24(12-16-6-5-7-17(13-24)30(16)28)26-23(27)29-14-22-20-10-3-1-8-18(20)19-9-2-4-11-21(19)22/h1-4,8-11,16-17,22H,5-7,12-14H2,(H,26,27). The molecule has 0 saturated carbocycles. The Morgan fingerprint density at radius 2 is 1.63 bits per heavy atom. The highest BCUT2D eigenvalue weighted by molar-refractivity contribution is 7.86. The maximum Gasteiger partial charge on any atom is 0.408 e. The van der Waals surface area contributed by atoms with Gasteiger partial charge in [-0.1, -0.05) is 55.0 Å². The number of nitriles is 1. The zero-order valence-corrected chi connectivity index (χ0v) is 17.5. The van der Waals surface area contributed by atoms with E-state index in [2.05, 4.69) is 35.7 Å². The fraction of sp³-hybridized carbons (Fsp3) is 0.417. The van der Waals surface area contributed by atoms with Gasteiger partial charge < -0.3 is 10.1 Å². The Morgan fingerprint density at radius 3 is 2.20 bits per heavy atom. The molecule has 2 atom stereocenters. The lowest BCUT2D eigenvalue weighted by molar-refractivity contribution is 0.130. The first-order valence-electron chi connectivity index (χ1n) is 10.5. The zero-order chi connectivity index (χ0) is 20.7. The Bertz CT molecular complexity index is 999. The van der Waals surface area contributed by atoms with E-state index in [4.69, 9.17) is 4.74 Å². The van der Waals surface area contributed by atoms with Crippen LogP contribution in [0, 0.1) is 11.3 Å². The van der Waals surface area contributed by atoms with E-state index in [9.17, 15) is 14.3 Å². The van der Waals surface area contributed by atoms with Crippen LogP contribution in [0.15, 0.2) is 48.5 Å². The molecule has 5 nitrogen and oxygen atoms in total. The van der Waals surface area contributed by atoms with Crippen molar-refractivity contribution in [2.75, 3.05) is 6.61 Å². The number of rotatable bonds is 3. The highest BCUT2D eigenvalue weighted by Crippen LogP contribution is 2.44. The van der Waals surface area contributed by atoms with Crippen molar-refractivity contribution in [3.63, 3.8) is 0 Å². The van der Waals surface area contributed by atoms with Gasteiger partial charge in [0.05, 0.1) is 6.07 Å². The summed E-state index contributed by atoms with van der Waals surface area (Å²) in [6.07, 6.45) is 3.09. The van der Waals surface area contributed by atoms with Crippen LogP contribution in [0.1, 0.15) is 49.1 Å². The van der Waals surface area contributed by atoms with E-state index >= 15 is 0 Å². The van der Waals surface area contributed by atoms with Crippen LogP contribution in [0.4, 0.5) is 4.79 Å². The Kier molecular flexibility index (Phi) is 4.86. The van der Waals surface area contributed by atoms with Crippen LogP contribution < -0.4 is 5.32 Å². The molecule has 2 aromatic carbocycles. The second-order valence-corrected chi connectivity index (χ2v) is 10.5. The van der Waals surface area contributed by atoms with Crippen molar-refractivity contribution >= 4 is 16.9 Å². The van der Waals surface area contributed by atoms with Crippen LogP contribution in [-0.4, -0.2) is 32.9 Å². The number of nitrogens with zero attached hydrogens (tertiary/aromatic N) is 1. The fourth-order valence-corrected chi connectivity index (χ4v) is 7.60. The number of carbonyl (C=O) groups is 1. The highest BCUT2D eigenvalue weighted by atomic mass is 32.2. The Balaban J connectivity index is 1.30. The monoisotopic (exact) mass is 420 g/mol. The number of fused-ring (bicyclic) bond motifs is 5. The molecule has 0 radical (unpaired) electrons. The van der Waals surface area contributed by atoms with Gasteiger partial charge in [-0.25, -0.2) is 4.79 Å². The summed E-state index contributed by atoms with van der Waals surface area (Å²) in [5, 5.41) is 12.7. The van der Waals surface area contributed by atoms with Crippen LogP contribution in [0.5, 0.6) is 0 Å². The summed E-state index contributed by atoms with van der Waals surface area (Å²) in [6, 6.07) is 18.7. The van der Waals surface area contributed by atoms with Gasteiger partial charge in [-0.05, 0) is 47.9 Å². The van der Waals surface area contributed by atoms with Gasteiger partial charge in [-0.2, -0.15) is 5.26 Å². The molecule has 2 saturated heterocycles. The molecule has 154 valence electrons. The van der Waals surface area contributed by atoms with Crippen molar-refractivity contribution in [2.45, 2.75) is 54.1 Å². The SMILES string of the molecule is N#CC1(NC(=O)OCC2c3ccccc3-c3ccccc32)CC2CCCC(C1)S2=O. The first-order chi connectivity index (χ1) is 14.6. The lowest BCUT2D eigenvalue weighted by Gasteiger charge is -2.42. The summed E-state index contributed by atoms with van der Waals surface area (Å²) in [5.41, 5.74) is 3.69. The first kappa shape index (κ1) is 19.3. The minimum absolute atomic E-state index is 0.00830. The van der Waals surface area contributed by atoms with Crippen molar-refractivity contribution in [1.82, 2.24) is 5.32 Å². The van der Waals surface area contributed by atoms with Gasteiger partial charge in [0.2, 0.25) is 0 Å². The van der Waals surface area contributed by atoms with Crippen LogP contribution >= 0.6 is 0 Å². The predicted molar refractivity (Wildman–Crippen MR) is 115 cm³/mol. The van der Waals surface area contributed by atoms with Crippen LogP contribution in [-0.2, 0) is 15.5 Å². The number of ether oxygens (including phenoxy) is 1. The molecule has 2 aromatic rings. The molecule has 1 amide bonds. The zero-order valence-electron chi connectivity index (χ0n) is 16.7. The molecule has 2 bridgehead atoms. The van der Waals surface area contributed by atoms with E-state index in [1.54, 1.807) is 0 Å². The Labute approximate surface area is 178 Å². The molecule has 1 aliphatic carbocycles.